The molecule has 1 aromatic heterocycles. The summed E-state index contributed by atoms with van der Waals surface area (Å²) in [6, 6.07) is 9.24. The number of rotatable bonds is 4. The molecule has 0 radical (unpaired) electrons. The monoisotopic (exact) mass is 230 g/mol. The second kappa shape index (κ2) is 5.41. The summed E-state index contributed by atoms with van der Waals surface area (Å²) < 4.78 is 5.07. The Morgan fingerprint density at radius 1 is 1.18 bits per heavy atom. The van der Waals surface area contributed by atoms with Gasteiger partial charge in [-0.2, -0.15) is 10.2 Å². The van der Waals surface area contributed by atoms with Gasteiger partial charge in [0.05, 0.1) is 19.4 Å². The van der Waals surface area contributed by atoms with Gasteiger partial charge in [-0.15, -0.1) is 0 Å². The molecule has 0 amide bonds. The van der Waals surface area contributed by atoms with Gasteiger partial charge in [-0.25, -0.2) is 0 Å². The third kappa shape index (κ3) is 3.01. The Morgan fingerprint density at radius 2 is 1.94 bits per heavy atom. The fourth-order valence-electron chi connectivity index (χ4n) is 1.61. The average molecular weight is 230 g/mol. The number of nitrogens with zero attached hydrogens (tertiary/aromatic N) is 2. The topological polar surface area (TPSA) is 55.2 Å². The molecule has 0 spiro atoms. The van der Waals surface area contributed by atoms with Crippen LogP contribution in [0.3, 0.4) is 0 Å². The second-order valence-corrected chi connectivity index (χ2v) is 3.74. The predicted octanol–water partition coefficient (Wildman–Crippen LogP) is 1.76. The molecular formula is C13H14N2O2. The van der Waals surface area contributed by atoms with E-state index in [1.165, 1.54) is 0 Å². The van der Waals surface area contributed by atoms with Crippen molar-refractivity contribution in [2.24, 2.45) is 0 Å². The van der Waals surface area contributed by atoms with Gasteiger partial charge >= 0.3 is 0 Å². The van der Waals surface area contributed by atoms with Crippen molar-refractivity contribution in [2.45, 2.75) is 12.5 Å². The maximum Gasteiger partial charge on any atom is 0.118 e. The van der Waals surface area contributed by atoms with E-state index in [0.717, 1.165) is 16.9 Å². The highest BCUT2D eigenvalue weighted by Crippen LogP contribution is 2.20. The van der Waals surface area contributed by atoms with Gasteiger partial charge in [0.25, 0.3) is 0 Å². The van der Waals surface area contributed by atoms with Crippen molar-refractivity contribution in [3.05, 3.63) is 53.9 Å². The Hall–Kier alpha value is -1.94. The summed E-state index contributed by atoms with van der Waals surface area (Å²) in [7, 11) is 1.62. The molecule has 1 heterocycles. The van der Waals surface area contributed by atoms with Crippen LogP contribution < -0.4 is 4.74 Å². The van der Waals surface area contributed by atoms with Crippen molar-refractivity contribution in [1.82, 2.24) is 10.2 Å². The Labute approximate surface area is 99.9 Å². The third-order valence-electron chi connectivity index (χ3n) is 2.58. The van der Waals surface area contributed by atoms with Gasteiger partial charge in [-0.3, -0.25) is 0 Å². The number of aliphatic hydroxyl groups excluding tert-OH is 1. The zero-order valence-corrected chi connectivity index (χ0v) is 9.58. The lowest BCUT2D eigenvalue weighted by atomic mass is 10.0. The van der Waals surface area contributed by atoms with Crippen molar-refractivity contribution >= 4 is 0 Å². The highest BCUT2D eigenvalue weighted by Gasteiger charge is 2.08. The molecule has 1 N–H and O–H groups in total. The number of hydrogen-bond donors (Lipinski definition) is 1. The number of hydrogen-bond acceptors (Lipinski definition) is 4. The summed E-state index contributed by atoms with van der Waals surface area (Å²) in [6.07, 6.45) is 3.27. The molecule has 0 fully saturated rings. The first-order valence-electron chi connectivity index (χ1n) is 5.37. The molecule has 0 aliphatic rings. The van der Waals surface area contributed by atoms with Crippen LogP contribution in [0.2, 0.25) is 0 Å². The normalized spacial score (nSPS) is 12.1. The number of aromatic nitrogens is 2. The lowest BCUT2D eigenvalue weighted by Crippen LogP contribution is -2.02. The average Bonchev–Trinajstić information content (AvgIpc) is 2.40. The highest BCUT2D eigenvalue weighted by molar-refractivity contribution is 5.29. The van der Waals surface area contributed by atoms with Crippen LogP contribution in [0.25, 0.3) is 0 Å². The molecule has 2 rings (SSSR count). The van der Waals surface area contributed by atoms with Crippen molar-refractivity contribution in [3.8, 4) is 5.75 Å². The lowest BCUT2D eigenvalue weighted by molar-refractivity contribution is 0.178. The van der Waals surface area contributed by atoms with Gasteiger partial charge in [0, 0.05) is 12.6 Å². The van der Waals surface area contributed by atoms with E-state index in [4.69, 9.17) is 4.74 Å². The van der Waals surface area contributed by atoms with E-state index >= 15 is 0 Å². The minimum absolute atomic E-state index is 0.530. The van der Waals surface area contributed by atoms with Gasteiger partial charge in [-0.1, -0.05) is 12.1 Å². The molecule has 0 saturated carbocycles. The smallest absolute Gasteiger partial charge is 0.118 e. The van der Waals surface area contributed by atoms with Gasteiger partial charge in [0.15, 0.2) is 0 Å². The number of methoxy groups -OCH3 is 1. The zero-order chi connectivity index (χ0) is 12.1. The van der Waals surface area contributed by atoms with Crippen LogP contribution in [-0.4, -0.2) is 22.4 Å². The number of ether oxygens (including phenoxy) is 1. The SMILES string of the molecule is COc1ccc(C(O)Cc2ccnnc2)cc1. The van der Waals surface area contributed by atoms with E-state index in [-0.39, 0.29) is 0 Å². The molecule has 4 heteroatoms. The van der Waals surface area contributed by atoms with Crippen LogP contribution in [0.5, 0.6) is 5.75 Å². The largest absolute Gasteiger partial charge is 0.497 e. The maximum absolute atomic E-state index is 10.0. The zero-order valence-electron chi connectivity index (χ0n) is 9.58. The van der Waals surface area contributed by atoms with E-state index in [2.05, 4.69) is 10.2 Å². The predicted molar refractivity (Wildman–Crippen MR) is 63.7 cm³/mol. The van der Waals surface area contributed by atoms with Gasteiger partial charge in [0.2, 0.25) is 0 Å². The van der Waals surface area contributed by atoms with Crippen LogP contribution in [-0.2, 0) is 6.42 Å². The van der Waals surface area contributed by atoms with Crippen LogP contribution in [0.1, 0.15) is 17.2 Å². The summed E-state index contributed by atoms with van der Waals surface area (Å²) in [5.74, 6) is 0.784. The molecular weight excluding hydrogens is 216 g/mol. The minimum Gasteiger partial charge on any atom is -0.497 e. The van der Waals surface area contributed by atoms with E-state index in [9.17, 15) is 5.11 Å². The summed E-state index contributed by atoms with van der Waals surface area (Å²) in [4.78, 5) is 0. The van der Waals surface area contributed by atoms with Crippen molar-refractivity contribution in [1.29, 1.82) is 0 Å². The second-order valence-electron chi connectivity index (χ2n) is 3.74. The first-order valence-corrected chi connectivity index (χ1v) is 5.37. The van der Waals surface area contributed by atoms with E-state index < -0.39 is 6.10 Å². The third-order valence-corrected chi connectivity index (χ3v) is 2.58. The van der Waals surface area contributed by atoms with Crippen molar-refractivity contribution < 1.29 is 9.84 Å². The molecule has 1 unspecified atom stereocenters. The fourth-order valence-corrected chi connectivity index (χ4v) is 1.61. The minimum atomic E-state index is -0.537. The van der Waals surface area contributed by atoms with E-state index in [1.54, 1.807) is 19.5 Å². The maximum atomic E-state index is 10.0. The summed E-state index contributed by atoms with van der Waals surface area (Å²) >= 11 is 0. The van der Waals surface area contributed by atoms with E-state index in [1.807, 2.05) is 30.3 Å². The van der Waals surface area contributed by atoms with Crippen LogP contribution in [0.15, 0.2) is 42.7 Å². The molecule has 1 aromatic carbocycles. The standard InChI is InChI=1S/C13H14N2O2/c1-17-12-4-2-11(3-5-12)13(16)8-10-6-7-14-15-9-10/h2-7,9,13,16H,8H2,1H3. The quantitative estimate of drug-likeness (QED) is 0.869. The highest BCUT2D eigenvalue weighted by atomic mass is 16.5. The van der Waals surface area contributed by atoms with Gasteiger partial charge in [0.1, 0.15) is 5.75 Å². The summed E-state index contributed by atoms with van der Waals surface area (Å²) in [5, 5.41) is 17.5. The molecule has 88 valence electrons. The van der Waals surface area contributed by atoms with Crippen LogP contribution in [0.4, 0.5) is 0 Å². The first kappa shape index (κ1) is 11.5. The summed E-state index contributed by atoms with van der Waals surface area (Å²) in [6.45, 7) is 0. The van der Waals surface area contributed by atoms with Gasteiger partial charge < -0.3 is 9.84 Å². The van der Waals surface area contributed by atoms with Crippen molar-refractivity contribution in [2.75, 3.05) is 7.11 Å². The molecule has 17 heavy (non-hydrogen) atoms. The van der Waals surface area contributed by atoms with E-state index in [0.29, 0.717) is 6.42 Å². The summed E-state index contributed by atoms with van der Waals surface area (Å²) in [5.41, 5.74) is 1.82. The molecule has 2 aromatic rings. The molecule has 0 aliphatic carbocycles. The lowest BCUT2D eigenvalue weighted by Gasteiger charge is -2.11. The molecule has 0 aliphatic heterocycles. The van der Waals surface area contributed by atoms with Crippen LogP contribution >= 0.6 is 0 Å². The number of aliphatic hydroxyl groups is 1. The Bertz CT molecular complexity index is 457. The Balaban J connectivity index is 2.06. The molecule has 1 atom stereocenters. The molecule has 4 nitrogen and oxygen atoms in total. The Kier molecular flexibility index (Phi) is 3.67. The number of benzene rings is 1. The molecule has 0 bridgehead atoms. The van der Waals surface area contributed by atoms with Crippen molar-refractivity contribution in [3.63, 3.8) is 0 Å². The Morgan fingerprint density at radius 3 is 2.53 bits per heavy atom. The molecule has 0 saturated heterocycles. The first-order chi connectivity index (χ1) is 8.29. The van der Waals surface area contributed by atoms with Gasteiger partial charge in [-0.05, 0) is 29.3 Å². The van der Waals surface area contributed by atoms with Crippen LogP contribution in [0, 0.1) is 0 Å². The fraction of sp³-hybridized carbons (Fsp3) is 0.231.